The number of carboxylic acids is 2. The highest BCUT2D eigenvalue weighted by Crippen LogP contribution is 2.19. The van der Waals surface area contributed by atoms with Gasteiger partial charge in [-0.1, -0.05) is 0 Å². The summed E-state index contributed by atoms with van der Waals surface area (Å²) in [5, 5.41) is 25.2. The van der Waals surface area contributed by atoms with Gasteiger partial charge in [0.2, 0.25) is 29.5 Å². The fourth-order valence-corrected chi connectivity index (χ4v) is 4.06. The molecular formula is C23H39N9O9. The molecule has 0 saturated carbocycles. The van der Waals surface area contributed by atoms with Gasteiger partial charge in [0.05, 0.1) is 12.5 Å². The molecule has 41 heavy (non-hydrogen) atoms. The smallest absolute Gasteiger partial charge is 0.326 e. The number of carboxylic acid groups (broad SMARTS) is 2. The molecule has 0 unspecified atom stereocenters. The van der Waals surface area contributed by atoms with Crippen molar-refractivity contribution in [3.63, 3.8) is 0 Å². The Labute approximate surface area is 235 Å². The van der Waals surface area contributed by atoms with E-state index >= 15 is 0 Å². The van der Waals surface area contributed by atoms with Gasteiger partial charge in [0.15, 0.2) is 5.96 Å². The lowest BCUT2D eigenvalue weighted by Gasteiger charge is -2.29. The van der Waals surface area contributed by atoms with Gasteiger partial charge < -0.3 is 54.0 Å². The van der Waals surface area contributed by atoms with Gasteiger partial charge in [-0.2, -0.15) is 0 Å². The Bertz CT molecular complexity index is 1030. The van der Waals surface area contributed by atoms with E-state index in [9.17, 15) is 38.7 Å². The van der Waals surface area contributed by atoms with Crippen molar-refractivity contribution in [3.05, 3.63) is 0 Å². The molecule has 1 fully saturated rings. The molecule has 0 radical (unpaired) electrons. The molecule has 1 aliphatic rings. The number of rotatable bonds is 17. The molecule has 5 amide bonds. The first-order valence-corrected chi connectivity index (χ1v) is 12.9. The van der Waals surface area contributed by atoms with E-state index in [1.807, 2.05) is 0 Å². The van der Waals surface area contributed by atoms with Crippen LogP contribution < -0.4 is 38.9 Å². The normalized spacial score (nSPS) is 17.3. The SMILES string of the molecule is C[C@H](NC(=O)[C@@H](N)CCC(=O)O)C(=O)N1CCC[C@H]1C(=O)N[C@@H](CCCN=C(N)N)C(=O)N[C@@H](CC(N)=O)C(=O)O. The molecule has 230 valence electrons. The Hall–Kier alpha value is -4.48. The van der Waals surface area contributed by atoms with Crippen LogP contribution in [0, 0.1) is 0 Å². The summed E-state index contributed by atoms with van der Waals surface area (Å²) >= 11 is 0. The van der Waals surface area contributed by atoms with E-state index in [-0.39, 0.29) is 51.2 Å². The molecule has 5 atom stereocenters. The number of guanidine groups is 1. The summed E-state index contributed by atoms with van der Waals surface area (Å²) in [7, 11) is 0. The summed E-state index contributed by atoms with van der Waals surface area (Å²) in [4.78, 5) is 89.9. The maximum absolute atomic E-state index is 13.2. The first-order valence-electron chi connectivity index (χ1n) is 12.9. The van der Waals surface area contributed by atoms with Crippen LogP contribution >= 0.6 is 0 Å². The topological polar surface area (TPSA) is 316 Å². The quantitative estimate of drug-likeness (QED) is 0.0444. The fraction of sp³-hybridized carbons (Fsp3) is 0.652. The first kappa shape index (κ1) is 34.5. The van der Waals surface area contributed by atoms with Gasteiger partial charge in [-0.3, -0.25) is 33.8 Å². The number of carbonyl (C=O) groups is 7. The number of nitrogens with zero attached hydrogens (tertiary/aromatic N) is 2. The number of likely N-dealkylation sites (tertiary alicyclic amines) is 1. The predicted molar refractivity (Wildman–Crippen MR) is 142 cm³/mol. The van der Waals surface area contributed by atoms with Gasteiger partial charge in [0.25, 0.3) is 0 Å². The number of nitrogens with one attached hydrogen (secondary N) is 3. The van der Waals surface area contributed by atoms with Crippen molar-refractivity contribution < 1.29 is 43.8 Å². The molecule has 0 bridgehead atoms. The second-order valence-corrected chi connectivity index (χ2v) is 9.54. The van der Waals surface area contributed by atoms with Gasteiger partial charge >= 0.3 is 11.9 Å². The van der Waals surface area contributed by atoms with Crippen LogP contribution in [-0.2, 0) is 33.6 Å². The number of amides is 5. The van der Waals surface area contributed by atoms with Crippen molar-refractivity contribution in [2.75, 3.05) is 13.1 Å². The molecule has 0 spiro atoms. The molecule has 18 nitrogen and oxygen atoms in total. The lowest BCUT2D eigenvalue weighted by atomic mass is 10.1. The highest BCUT2D eigenvalue weighted by molar-refractivity contribution is 5.96. The number of hydrogen-bond donors (Lipinski definition) is 9. The average Bonchev–Trinajstić information content (AvgIpc) is 3.37. The summed E-state index contributed by atoms with van der Waals surface area (Å²) in [6.07, 6.45) is -0.250. The van der Waals surface area contributed by atoms with E-state index in [1.54, 1.807) is 0 Å². The Morgan fingerprint density at radius 2 is 1.61 bits per heavy atom. The molecule has 1 heterocycles. The third-order valence-corrected chi connectivity index (χ3v) is 6.17. The van der Waals surface area contributed by atoms with E-state index in [2.05, 4.69) is 20.9 Å². The number of nitrogens with two attached hydrogens (primary N) is 4. The van der Waals surface area contributed by atoms with Crippen LogP contribution in [0.5, 0.6) is 0 Å². The summed E-state index contributed by atoms with van der Waals surface area (Å²) in [6, 6.07) is -6.14. The second kappa shape index (κ2) is 16.6. The molecule has 1 rings (SSSR count). The largest absolute Gasteiger partial charge is 0.481 e. The van der Waals surface area contributed by atoms with Gasteiger partial charge in [-0.05, 0) is 39.0 Å². The standard InChI is InChI=1S/C23H39N9O9/c1-11(29-18(36)12(24)6-7-17(34)35)21(39)32-9-3-5-15(32)20(38)30-13(4-2-8-28-23(26)27)19(37)31-14(22(40)41)10-16(25)33/h11-15H,2-10,24H2,1H3,(H2,25,33)(H,29,36)(H,30,38)(H,31,37)(H,34,35)(H,40,41)(H4,26,27,28)/t11-,12-,13-,14-,15-/m0/s1. The maximum atomic E-state index is 13.2. The number of hydrogen-bond acceptors (Lipinski definition) is 9. The lowest BCUT2D eigenvalue weighted by molar-refractivity contribution is -0.144. The Kier molecular flexibility index (Phi) is 14.0. The van der Waals surface area contributed by atoms with Gasteiger partial charge in [0.1, 0.15) is 24.2 Å². The van der Waals surface area contributed by atoms with Crippen molar-refractivity contribution in [1.29, 1.82) is 0 Å². The van der Waals surface area contributed by atoms with Crippen molar-refractivity contribution in [3.8, 4) is 0 Å². The minimum atomic E-state index is -1.63. The molecular weight excluding hydrogens is 546 g/mol. The third-order valence-electron chi connectivity index (χ3n) is 6.17. The van der Waals surface area contributed by atoms with Crippen LogP contribution in [0.15, 0.2) is 4.99 Å². The summed E-state index contributed by atoms with van der Waals surface area (Å²) in [5.41, 5.74) is 21.3. The summed E-state index contributed by atoms with van der Waals surface area (Å²) in [6.45, 7) is 1.68. The van der Waals surface area contributed by atoms with E-state index < -0.39 is 78.1 Å². The molecule has 0 aromatic heterocycles. The molecule has 0 aromatic rings. The predicted octanol–water partition coefficient (Wildman–Crippen LogP) is -4.34. The zero-order valence-corrected chi connectivity index (χ0v) is 22.7. The van der Waals surface area contributed by atoms with Gasteiger partial charge in [-0.25, -0.2) is 4.79 Å². The average molecular weight is 586 g/mol. The highest BCUT2D eigenvalue weighted by Gasteiger charge is 2.38. The number of carbonyl (C=O) groups excluding carboxylic acids is 5. The lowest BCUT2D eigenvalue weighted by Crippen LogP contribution is -2.57. The number of aliphatic imine (C=N–C) groups is 1. The monoisotopic (exact) mass is 585 g/mol. The van der Waals surface area contributed by atoms with Crippen LogP contribution in [-0.4, -0.2) is 106 Å². The number of primary amides is 1. The fourth-order valence-electron chi connectivity index (χ4n) is 4.06. The van der Waals surface area contributed by atoms with Crippen molar-refractivity contribution in [2.24, 2.45) is 27.9 Å². The van der Waals surface area contributed by atoms with Crippen LogP contribution in [0.25, 0.3) is 0 Å². The first-order chi connectivity index (χ1) is 19.1. The second-order valence-electron chi connectivity index (χ2n) is 9.54. The molecule has 0 aromatic carbocycles. The van der Waals surface area contributed by atoms with Crippen molar-refractivity contribution in [1.82, 2.24) is 20.9 Å². The van der Waals surface area contributed by atoms with Gasteiger partial charge in [-0.15, -0.1) is 0 Å². The van der Waals surface area contributed by atoms with E-state index in [0.717, 1.165) is 0 Å². The van der Waals surface area contributed by atoms with E-state index in [4.69, 9.17) is 28.0 Å². The Morgan fingerprint density at radius 3 is 2.17 bits per heavy atom. The van der Waals surface area contributed by atoms with Crippen LogP contribution in [0.4, 0.5) is 0 Å². The van der Waals surface area contributed by atoms with Crippen molar-refractivity contribution in [2.45, 2.75) is 82.1 Å². The zero-order chi connectivity index (χ0) is 31.3. The van der Waals surface area contributed by atoms with Crippen LogP contribution in [0.2, 0.25) is 0 Å². The Morgan fingerprint density at radius 1 is 0.951 bits per heavy atom. The summed E-state index contributed by atoms with van der Waals surface area (Å²) < 4.78 is 0. The summed E-state index contributed by atoms with van der Waals surface area (Å²) in [5.74, 6) is -6.70. The molecule has 1 aliphatic heterocycles. The Balaban J connectivity index is 2.96. The third kappa shape index (κ3) is 12.1. The molecule has 18 heteroatoms. The van der Waals surface area contributed by atoms with Crippen molar-refractivity contribution >= 4 is 47.4 Å². The molecule has 0 aliphatic carbocycles. The highest BCUT2D eigenvalue weighted by atomic mass is 16.4. The van der Waals surface area contributed by atoms with E-state index in [0.29, 0.717) is 6.42 Å². The van der Waals surface area contributed by atoms with Gasteiger partial charge in [0, 0.05) is 19.5 Å². The maximum Gasteiger partial charge on any atom is 0.326 e. The molecule has 13 N–H and O–H groups in total. The number of aliphatic carboxylic acids is 2. The van der Waals surface area contributed by atoms with E-state index in [1.165, 1.54) is 11.8 Å². The molecule has 1 saturated heterocycles. The van der Waals surface area contributed by atoms with Crippen LogP contribution in [0.1, 0.15) is 51.9 Å². The van der Waals surface area contributed by atoms with Crippen LogP contribution in [0.3, 0.4) is 0 Å². The minimum absolute atomic E-state index is 0.0153. The zero-order valence-electron chi connectivity index (χ0n) is 22.7. The minimum Gasteiger partial charge on any atom is -0.481 e.